The summed E-state index contributed by atoms with van der Waals surface area (Å²) in [5.41, 5.74) is 0. The van der Waals surface area contributed by atoms with Crippen LogP contribution in [0.1, 0.15) is 26.7 Å². The summed E-state index contributed by atoms with van der Waals surface area (Å²) in [4.78, 5) is 22.9. The van der Waals surface area contributed by atoms with E-state index in [2.05, 4.69) is 0 Å². The average Bonchev–Trinajstić information content (AvgIpc) is 2.32. The third-order valence-corrected chi connectivity index (χ3v) is 2.30. The van der Waals surface area contributed by atoms with Crippen molar-refractivity contribution in [3.05, 3.63) is 0 Å². The molecular weight excluding hydrogens is 170 g/mol. The van der Waals surface area contributed by atoms with E-state index in [0.717, 1.165) is 11.3 Å². The second kappa shape index (κ2) is 3.77. The smallest absolute Gasteiger partial charge is 0.414 e. The Balaban J connectivity index is 2.55. The molecule has 4 nitrogen and oxygen atoms in total. The van der Waals surface area contributed by atoms with Crippen LogP contribution in [0.5, 0.6) is 0 Å². The Morgan fingerprint density at radius 3 is 2.69 bits per heavy atom. The molecule has 1 unspecified atom stereocenters. The fourth-order valence-electron chi connectivity index (χ4n) is 1.72. The first-order valence-electron chi connectivity index (χ1n) is 4.56. The summed E-state index contributed by atoms with van der Waals surface area (Å²) in [6.07, 6.45) is 0.364. The molecule has 0 aromatic heterocycles. The fraction of sp³-hybridized carbons (Fsp3) is 0.778. The largest absolute Gasteiger partial charge is 0.465 e. The maximum atomic E-state index is 11.4. The van der Waals surface area contributed by atoms with Crippen molar-refractivity contribution in [3.63, 3.8) is 0 Å². The van der Waals surface area contributed by atoms with Gasteiger partial charge in [0, 0.05) is 12.5 Å². The maximum Gasteiger partial charge on any atom is 0.414 e. The molecule has 0 spiro atoms. The van der Waals surface area contributed by atoms with Crippen molar-refractivity contribution in [1.29, 1.82) is 0 Å². The van der Waals surface area contributed by atoms with Gasteiger partial charge in [-0.3, -0.25) is 4.79 Å². The Hall–Kier alpha value is -1.06. The zero-order valence-electron chi connectivity index (χ0n) is 7.99. The van der Waals surface area contributed by atoms with Crippen LogP contribution >= 0.6 is 0 Å². The minimum absolute atomic E-state index is 0.0731. The molecule has 1 N–H and O–H groups in total. The molecule has 1 atom stereocenters. The standard InChI is InChI=1S/C9H15NO3/c1-6(2)5-7-3-4-10(8(7)11)9(12)13/h6-7H,3-5H2,1-2H3,(H,12,13). The van der Waals surface area contributed by atoms with Crippen LogP contribution in [-0.2, 0) is 4.79 Å². The van der Waals surface area contributed by atoms with Crippen LogP contribution < -0.4 is 0 Å². The average molecular weight is 185 g/mol. The molecule has 0 aliphatic carbocycles. The highest BCUT2D eigenvalue weighted by Gasteiger charge is 2.35. The van der Waals surface area contributed by atoms with Gasteiger partial charge in [0.2, 0.25) is 5.91 Å². The van der Waals surface area contributed by atoms with E-state index in [1.54, 1.807) is 0 Å². The molecule has 1 fully saturated rings. The van der Waals surface area contributed by atoms with Gasteiger partial charge in [-0.2, -0.15) is 0 Å². The van der Waals surface area contributed by atoms with Gasteiger partial charge in [-0.25, -0.2) is 9.69 Å². The van der Waals surface area contributed by atoms with Crippen LogP contribution in [0, 0.1) is 11.8 Å². The summed E-state index contributed by atoms with van der Waals surface area (Å²) in [6.45, 7) is 4.44. The molecule has 0 bridgehead atoms. The molecule has 4 heteroatoms. The van der Waals surface area contributed by atoms with E-state index in [1.165, 1.54) is 0 Å². The molecule has 1 rings (SSSR count). The normalized spacial score (nSPS) is 22.8. The van der Waals surface area contributed by atoms with Crippen LogP contribution in [0.2, 0.25) is 0 Å². The number of carboxylic acid groups (broad SMARTS) is 1. The van der Waals surface area contributed by atoms with E-state index in [-0.39, 0.29) is 11.8 Å². The fourth-order valence-corrected chi connectivity index (χ4v) is 1.72. The maximum absolute atomic E-state index is 11.4. The van der Waals surface area contributed by atoms with Crippen molar-refractivity contribution in [2.24, 2.45) is 11.8 Å². The lowest BCUT2D eigenvalue weighted by atomic mass is 9.96. The summed E-state index contributed by atoms with van der Waals surface area (Å²) in [7, 11) is 0. The lowest BCUT2D eigenvalue weighted by Crippen LogP contribution is -2.32. The highest BCUT2D eigenvalue weighted by Crippen LogP contribution is 2.24. The topological polar surface area (TPSA) is 57.6 Å². The van der Waals surface area contributed by atoms with Gasteiger partial charge in [0.25, 0.3) is 0 Å². The van der Waals surface area contributed by atoms with Crippen molar-refractivity contribution in [2.45, 2.75) is 26.7 Å². The quantitative estimate of drug-likeness (QED) is 0.710. The van der Waals surface area contributed by atoms with Gasteiger partial charge >= 0.3 is 6.09 Å². The Morgan fingerprint density at radius 1 is 1.69 bits per heavy atom. The second-order valence-electron chi connectivity index (χ2n) is 3.89. The summed E-state index contributed by atoms with van der Waals surface area (Å²) >= 11 is 0. The van der Waals surface area contributed by atoms with Crippen LogP contribution in [0.25, 0.3) is 0 Å². The monoisotopic (exact) mass is 185 g/mol. The highest BCUT2D eigenvalue weighted by atomic mass is 16.4. The van der Waals surface area contributed by atoms with Gasteiger partial charge in [0.15, 0.2) is 0 Å². The predicted molar refractivity (Wildman–Crippen MR) is 47.3 cm³/mol. The van der Waals surface area contributed by atoms with Crippen molar-refractivity contribution in [3.8, 4) is 0 Å². The molecule has 1 aliphatic rings. The Morgan fingerprint density at radius 2 is 2.31 bits per heavy atom. The molecule has 74 valence electrons. The first kappa shape index (κ1) is 10.0. The minimum Gasteiger partial charge on any atom is -0.465 e. The summed E-state index contributed by atoms with van der Waals surface area (Å²) < 4.78 is 0. The van der Waals surface area contributed by atoms with Crippen molar-refractivity contribution in [1.82, 2.24) is 4.90 Å². The number of hydrogen-bond acceptors (Lipinski definition) is 2. The summed E-state index contributed by atoms with van der Waals surface area (Å²) in [5, 5.41) is 8.64. The molecule has 1 saturated heterocycles. The number of rotatable bonds is 2. The summed E-state index contributed by atoms with van der Waals surface area (Å²) in [5.74, 6) is 0.153. The van der Waals surface area contributed by atoms with Gasteiger partial charge in [0.1, 0.15) is 0 Å². The van der Waals surface area contributed by atoms with E-state index >= 15 is 0 Å². The van der Waals surface area contributed by atoms with Crippen molar-refractivity contribution < 1.29 is 14.7 Å². The molecular formula is C9H15NO3. The lowest BCUT2D eigenvalue weighted by molar-refractivity contribution is -0.129. The second-order valence-corrected chi connectivity index (χ2v) is 3.89. The third-order valence-electron chi connectivity index (χ3n) is 2.30. The molecule has 0 aromatic rings. The van der Waals surface area contributed by atoms with Crippen LogP contribution in [-0.4, -0.2) is 28.6 Å². The third kappa shape index (κ3) is 2.20. The van der Waals surface area contributed by atoms with Crippen LogP contribution in [0.4, 0.5) is 4.79 Å². The number of likely N-dealkylation sites (tertiary alicyclic amines) is 1. The zero-order valence-corrected chi connectivity index (χ0v) is 7.99. The van der Waals surface area contributed by atoms with Gasteiger partial charge in [-0.1, -0.05) is 13.8 Å². The number of carbonyl (C=O) groups is 2. The Kier molecular flexibility index (Phi) is 2.90. The Labute approximate surface area is 77.5 Å². The Bertz CT molecular complexity index is 225. The molecule has 1 heterocycles. The first-order chi connectivity index (χ1) is 6.02. The van der Waals surface area contributed by atoms with E-state index in [9.17, 15) is 9.59 Å². The number of amides is 2. The van der Waals surface area contributed by atoms with E-state index in [4.69, 9.17) is 5.11 Å². The number of imide groups is 1. The molecule has 0 radical (unpaired) electrons. The van der Waals surface area contributed by atoms with E-state index in [1.807, 2.05) is 13.8 Å². The first-order valence-corrected chi connectivity index (χ1v) is 4.56. The van der Waals surface area contributed by atoms with Crippen molar-refractivity contribution >= 4 is 12.0 Å². The lowest BCUT2D eigenvalue weighted by Gasteiger charge is -2.12. The zero-order chi connectivity index (χ0) is 10.0. The molecule has 13 heavy (non-hydrogen) atoms. The van der Waals surface area contributed by atoms with Crippen molar-refractivity contribution in [2.75, 3.05) is 6.54 Å². The van der Waals surface area contributed by atoms with Crippen LogP contribution in [0.15, 0.2) is 0 Å². The number of hydrogen-bond donors (Lipinski definition) is 1. The molecule has 2 amide bonds. The van der Waals surface area contributed by atoms with E-state index < -0.39 is 6.09 Å². The summed E-state index contributed by atoms with van der Waals surface area (Å²) in [6, 6.07) is 0. The number of carbonyl (C=O) groups excluding carboxylic acids is 1. The molecule has 0 saturated carbocycles. The van der Waals surface area contributed by atoms with Gasteiger partial charge < -0.3 is 5.11 Å². The minimum atomic E-state index is -1.11. The van der Waals surface area contributed by atoms with Gasteiger partial charge in [0.05, 0.1) is 0 Å². The highest BCUT2D eigenvalue weighted by molar-refractivity contribution is 5.94. The van der Waals surface area contributed by atoms with Gasteiger partial charge in [-0.15, -0.1) is 0 Å². The van der Waals surface area contributed by atoms with E-state index in [0.29, 0.717) is 18.9 Å². The number of nitrogens with zero attached hydrogens (tertiary/aromatic N) is 1. The predicted octanol–water partition coefficient (Wildman–Crippen LogP) is 1.56. The van der Waals surface area contributed by atoms with Crippen LogP contribution in [0.3, 0.4) is 0 Å². The van der Waals surface area contributed by atoms with Gasteiger partial charge in [-0.05, 0) is 18.8 Å². The SMILES string of the molecule is CC(C)CC1CCN(C(=O)O)C1=O. The molecule has 0 aromatic carbocycles. The molecule has 1 aliphatic heterocycles.